The van der Waals surface area contributed by atoms with Crippen molar-refractivity contribution in [3.05, 3.63) is 43.6 Å². The molecule has 0 saturated heterocycles. The summed E-state index contributed by atoms with van der Waals surface area (Å²) < 4.78 is 1.89. The number of hydrogen-bond donors (Lipinski definition) is 0. The fourth-order valence-corrected chi connectivity index (χ4v) is 2.81. The smallest absolute Gasteiger partial charge is 0.189 e. The molecule has 2 nitrogen and oxygen atoms in total. The third-order valence-electron chi connectivity index (χ3n) is 1.95. The highest BCUT2D eigenvalue weighted by Gasteiger charge is 2.06. The first-order chi connectivity index (χ1) is 7.58. The second-order valence-corrected chi connectivity index (χ2v) is 5.25. The molecule has 0 bridgehead atoms. The highest BCUT2D eigenvalue weighted by Crippen LogP contribution is 2.35. The van der Waals surface area contributed by atoms with Gasteiger partial charge >= 0.3 is 0 Å². The van der Waals surface area contributed by atoms with Gasteiger partial charge in [-0.2, -0.15) is 0 Å². The van der Waals surface area contributed by atoms with Crippen molar-refractivity contribution >= 4 is 51.8 Å². The van der Waals surface area contributed by atoms with Crippen LogP contribution in [0.25, 0.3) is 0 Å². The first-order valence-corrected chi connectivity index (χ1v) is 6.38. The Hall–Kier alpha value is -0.480. The van der Waals surface area contributed by atoms with Crippen LogP contribution in [0.3, 0.4) is 0 Å². The van der Waals surface area contributed by atoms with Crippen molar-refractivity contribution in [1.29, 1.82) is 0 Å². The number of rotatable bonds is 1. The van der Waals surface area contributed by atoms with Crippen LogP contribution in [0, 0.1) is 0 Å². The molecule has 84 valence electrons. The fraction of sp³-hybridized carbons (Fsp3) is 0.100. The Bertz CT molecular complexity index is 563. The van der Waals surface area contributed by atoms with E-state index in [4.69, 9.17) is 34.8 Å². The zero-order chi connectivity index (χ0) is 11.7. The van der Waals surface area contributed by atoms with Crippen LogP contribution in [0.2, 0.25) is 15.1 Å². The van der Waals surface area contributed by atoms with E-state index in [1.807, 2.05) is 23.2 Å². The first kappa shape index (κ1) is 12.0. The van der Waals surface area contributed by atoms with E-state index in [0.717, 1.165) is 4.80 Å². The van der Waals surface area contributed by atoms with Crippen molar-refractivity contribution in [2.75, 3.05) is 0 Å². The van der Waals surface area contributed by atoms with Crippen LogP contribution in [0.4, 0.5) is 5.69 Å². The summed E-state index contributed by atoms with van der Waals surface area (Å²) in [4.78, 5) is 5.22. The van der Waals surface area contributed by atoms with Crippen LogP contribution in [-0.4, -0.2) is 4.57 Å². The molecular formula is C10H7Cl3N2S. The van der Waals surface area contributed by atoms with Crippen LogP contribution in [0.15, 0.2) is 28.7 Å². The molecule has 0 aliphatic carbocycles. The quantitative estimate of drug-likeness (QED) is 0.747. The van der Waals surface area contributed by atoms with Gasteiger partial charge in [0.1, 0.15) is 5.69 Å². The average Bonchev–Trinajstić information content (AvgIpc) is 2.57. The van der Waals surface area contributed by atoms with Crippen molar-refractivity contribution in [2.45, 2.75) is 0 Å². The Labute approximate surface area is 112 Å². The summed E-state index contributed by atoms with van der Waals surface area (Å²) in [5.41, 5.74) is 0.547. The van der Waals surface area contributed by atoms with Crippen LogP contribution in [-0.2, 0) is 7.05 Å². The van der Waals surface area contributed by atoms with E-state index in [-0.39, 0.29) is 0 Å². The summed E-state index contributed by atoms with van der Waals surface area (Å²) in [6.45, 7) is 0. The summed E-state index contributed by atoms with van der Waals surface area (Å²) in [7, 11) is 1.91. The lowest BCUT2D eigenvalue weighted by molar-refractivity contribution is 0.874. The molecule has 0 radical (unpaired) electrons. The predicted molar refractivity (Wildman–Crippen MR) is 70.0 cm³/mol. The first-order valence-electron chi connectivity index (χ1n) is 4.37. The van der Waals surface area contributed by atoms with Gasteiger partial charge in [-0.05, 0) is 12.1 Å². The van der Waals surface area contributed by atoms with Gasteiger partial charge < -0.3 is 4.57 Å². The maximum Gasteiger partial charge on any atom is 0.189 e. The van der Waals surface area contributed by atoms with E-state index in [9.17, 15) is 0 Å². The fourth-order valence-electron chi connectivity index (χ4n) is 1.17. The van der Waals surface area contributed by atoms with E-state index < -0.39 is 0 Å². The van der Waals surface area contributed by atoms with Crippen LogP contribution in [0.5, 0.6) is 0 Å². The molecular weight excluding hydrogens is 287 g/mol. The van der Waals surface area contributed by atoms with Crippen LogP contribution >= 0.6 is 46.1 Å². The maximum absolute atomic E-state index is 6.04. The van der Waals surface area contributed by atoms with E-state index >= 15 is 0 Å². The number of aryl methyl sites for hydroxylation is 1. The number of benzene rings is 1. The molecule has 0 N–H and O–H groups in total. The van der Waals surface area contributed by atoms with Crippen molar-refractivity contribution in [2.24, 2.45) is 12.0 Å². The molecule has 0 aliphatic rings. The lowest BCUT2D eigenvalue weighted by atomic mass is 10.3. The SMILES string of the molecule is Cn1ccsc1=Nc1c(Cl)cc(Cl)cc1Cl. The molecule has 0 spiro atoms. The molecule has 0 unspecified atom stereocenters. The van der Waals surface area contributed by atoms with Gasteiger partial charge in [0.2, 0.25) is 0 Å². The minimum absolute atomic E-state index is 0.450. The minimum Gasteiger partial charge on any atom is -0.327 e. The van der Waals surface area contributed by atoms with Crippen LogP contribution in [0.1, 0.15) is 0 Å². The second kappa shape index (κ2) is 4.80. The summed E-state index contributed by atoms with van der Waals surface area (Å²) in [6, 6.07) is 3.25. The minimum atomic E-state index is 0.450. The number of halogens is 3. The van der Waals surface area contributed by atoms with Crippen molar-refractivity contribution in [3.63, 3.8) is 0 Å². The van der Waals surface area contributed by atoms with E-state index in [1.54, 1.807) is 12.1 Å². The average molecular weight is 294 g/mol. The van der Waals surface area contributed by atoms with E-state index in [2.05, 4.69) is 4.99 Å². The van der Waals surface area contributed by atoms with E-state index in [1.165, 1.54) is 11.3 Å². The second-order valence-electron chi connectivity index (χ2n) is 3.13. The van der Waals surface area contributed by atoms with Crippen LogP contribution < -0.4 is 4.80 Å². The number of thiazole rings is 1. The number of aromatic nitrogens is 1. The van der Waals surface area contributed by atoms with Crippen molar-refractivity contribution in [3.8, 4) is 0 Å². The van der Waals surface area contributed by atoms with Gasteiger partial charge in [0.05, 0.1) is 10.0 Å². The highest BCUT2D eigenvalue weighted by atomic mass is 35.5. The topological polar surface area (TPSA) is 17.3 Å². The Balaban J connectivity index is 2.63. The lowest BCUT2D eigenvalue weighted by Gasteiger charge is -2.01. The van der Waals surface area contributed by atoms with Gasteiger partial charge in [0.15, 0.2) is 4.80 Å². The number of nitrogens with zero attached hydrogens (tertiary/aromatic N) is 2. The lowest BCUT2D eigenvalue weighted by Crippen LogP contribution is -2.08. The summed E-state index contributed by atoms with van der Waals surface area (Å²) in [6.07, 6.45) is 1.92. The van der Waals surface area contributed by atoms with Gasteiger partial charge in [-0.25, -0.2) is 4.99 Å². The largest absolute Gasteiger partial charge is 0.327 e. The zero-order valence-electron chi connectivity index (χ0n) is 8.25. The molecule has 2 aromatic rings. The van der Waals surface area contributed by atoms with Gasteiger partial charge in [-0.3, -0.25) is 0 Å². The Kier molecular flexibility index (Phi) is 3.60. The van der Waals surface area contributed by atoms with Crippen molar-refractivity contribution in [1.82, 2.24) is 4.57 Å². The standard InChI is InChI=1S/C10H7Cl3N2S/c1-15-2-3-16-10(15)14-9-7(12)4-6(11)5-8(9)13/h2-5H,1H3. The molecule has 6 heteroatoms. The monoisotopic (exact) mass is 292 g/mol. The summed E-state index contributed by atoms with van der Waals surface area (Å²) in [5, 5.41) is 3.35. The third-order valence-corrected chi connectivity index (χ3v) is 3.59. The predicted octanol–water partition coefficient (Wildman–Crippen LogP) is 4.28. The molecule has 0 fully saturated rings. The molecule has 1 aromatic heterocycles. The normalized spacial score (nSPS) is 12.1. The van der Waals surface area contributed by atoms with Crippen molar-refractivity contribution < 1.29 is 0 Å². The molecule has 0 saturated carbocycles. The maximum atomic E-state index is 6.04. The molecule has 2 rings (SSSR count). The number of hydrogen-bond acceptors (Lipinski definition) is 2. The molecule has 16 heavy (non-hydrogen) atoms. The molecule has 1 heterocycles. The Morgan fingerprint density at radius 3 is 2.31 bits per heavy atom. The molecule has 1 aromatic carbocycles. The van der Waals surface area contributed by atoms with Gasteiger partial charge in [-0.1, -0.05) is 34.8 Å². The van der Waals surface area contributed by atoms with Gasteiger partial charge in [0.25, 0.3) is 0 Å². The zero-order valence-corrected chi connectivity index (χ0v) is 11.3. The summed E-state index contributed by atoms with van der Waals surface area (Å²) in [5.74, 6) is 0. The van der Waals surface area contributed by atoms with Gasteiger partial charge in [0, 0.05) is 23.6 Å². The Morgan fingerprint density at radius 2 is 1.81 bits per heavy atom. The van der Waals surface area contributed by atoms with Gasteiger partial charge in [-0.15, -0.1) is 11.3 Å². The van der Waals surface area contributed by atoms with E-state index in [0.29, 0.717) is 20.8 Å². The highest BCUT2D eigenvalue weighted by molar-refractivity contribution is 7.07. The third kappa shape index (κ3) is 2.43. The summed E-state index contributed by atoms with van der Waals surface area (Å²) >= 11 is 19.4. The molecule has 0 atom stereocenters. The molecule has 0 aliphatic heterocycles. The molecule has 0 amide bonds. The Morgan fingerprint density at radius 1 is 1.19 bits per heavy atom.